The molecule has 0 aliphatic rings. The summed E-state index contributed by atoms with van der Waals surface area (Å²) in [5, 5.41) is 0. The van der Waals surface area contributed by atoms with E-state index in [1.807, 2.05) is 6.92 Å². The van der Waals surface area contributed by atoms with Crippen LogP contribution in [0.15, 0.2) is 0 Å². The van der Waals surface area contributed by atoms with E-state index in [0.29, 0.717) is 0 Å². The van der Waals surface area contributed by atoms with Crippen LogP contribution in [0.1, 0.15) is 6.92 Å². The Morgan fingerprint density at radius 1 is 1.75 bits per heavy atom. The van der Waals surface area contributed by atoms with Crippen molar-refractivity contribution in [3.8, 4) is 0 Å². The van der Waals surface area contributed by atoms with Crippen LogP contribution in [0, 0.1) is 37.7 Å². The molecule has 0 saturated heterocycles. The molecule has 0 atom stereocenters. The Hall–Kier alpha value is 1.32. The summed E-state index contributed by atoms with van der Waals surface area (Å²) in [5.74, 6) is 0. The molecule has 0 nitrogen and oxygen atoms in total. The van der Waals surface area contributed by atoms with Gasteiger partial charge in [0.15, 0.2) is 0 Å². The maximum atomic E-state index is 4.85. The van der Waals surface area contributed by atoms with E-state index in [-0.39, 0.29) is 37.7 Å². The molecule has 0 rings (SSSR count). The van der Waals surface area contributed by atoms with Gasteiger partial charge in [-0.25, -0.2) is 0 Å². The van der Waals surface area contributed by atoms with Gasteiger partial charge < -0.3 is 0 Å². The molecule has 0 saturated carbocycles. The minimum absolute atomic E-state index is 0. The van der Waals surface area contributed by atoms with Gasteiger partial charge in [0.25, 0.3) is 0 Å². The first-order valence-corrected chi connectivity index (χ1v) is 1.12. The van der Waals surface area contributed by atoms with E-state index in [4.69, 9.17) is 7.85 Å². The van der Waals surface area contributed by atoms with Gasteiger partial charge in [0.1, 0.15) is 0 Å². The average molecular weight is 79.8 g/mol. The molecule has 2 radical (unpaired) electrons. The quantitative estimate of drug-likeness (QED) is 0.373. The standard InChI is InChI=1S/C2H5B.Ar/c1-2-3;/h2H2,1H3;. The first-order chi connectivity index (χ1) is 1.41. The van der Waals surface area contributed by atoms with E-state index < -0.39 is 0 Å². The number of hydrogen-bond acceptors (Lipinski definition) is 0. The monoisotopic (exact) mass is 80.0 g/mol. The molecular formula is C2H5ArB. The Morgan fingerprint density at radius 3 is 1.75 bits per heavy atom. The molecular weight excluding hydrogens is 74.8 g/mol. The summed E-state index contributed by atoms with van der Waals surface area (Å²) >= 11 is 0. The fourth-order valence-corrected chi connectivity index (χ4v) is 0. The summed E-state index contributed by atoms with van der Waals surface area (Å²) in [6.07, 6.45) is 0.750. The Bertz CT molecular complexity index is 6.00. The molecule has 24 valence electrons. The zero-order valence-corrected chi connectivity index (χ0v) is 3.35. The summed E-state index contributed by atoms with van der Waals surface area (Å²) in [6, 6.07) is 0. The third kappa shape index (κ3) is 10.2. The molecule has 0 aromatic carbocycles. The molecule has 0 N–H and O–H groups in total. The Balaban J connectivity index is 0. The maximum Gasteiger partial charge on any atom is 0.0649 e. The first kappa shape index (κ1) is 9.01. The van der Waals surface area contributed by atoms with Crippen LogP contribution >= 0.6 is 0 Å². The molecule has 0 heterocycles. The van der Waals surface area contributed by atoms with Crippen molar-refractivity contribution in [2.45, 2.75) is 13.2 Å². The van der Waals surface area contributed by atoms with Gasteiger partial charge in [0.2, 0.25) is 0 Å². The van der Waals surface area contributed by atoms with E-state index in [1.54, 1.807) is 0 Å². The molecule has 0 aliphatic heterocycles. The second-order valence-electron chi connectivity index (χ2n) is 0.408. The molecule has 0 aromatic heterocycles. The molecule has 0 aromatic rings. The van der Waals surface area contributed by atoms with Gasteiger partial charge in [-0.2, -0.15) is 0 Å². The van der Waals surface area contributed by atoms with Gasteiger partial charge in [-0.1, -0.05) is 13.2 Å². The van der Waals surface area contributed by atoms with Crippen molar-refractivity contribution in [3.05, 3.63) is 0 Å². The molecule has 4 heavy (non-hydrogen) atoms. The third-order valence-corrected chi connectivity index (χ3v) is 0. The topological polar surface area (TPSA) is 0 Å². The largest absolute Gasteiger partial charge is 0.0915 e. The van der Waals surface area contributed by atoms with Gasteiger partial charge in [0.05, 0.1) is 7.85 Å². The smallest absolute Gasteiger partial charge is 0.0649 e. The van der Waals surface area contributed by atoms with E-state index >= 15 is 0 Å². The second kappa shape index (κ2) is 8.85. The molecule has 0 spiro atoms. The van der Waals surface area contributed by atoms with Crippen LogP contribution < -0.4 is 0 Å². The summed E-state index contributed by atoms with van der Waals surface area (Å²) in [4.78, 5) is 0. The minimum Gasteiger partial charge on any atom is -0.0915 e. The minimum atomic E-state index is 0. The summed E-state index contributed by atoms with van der Waals surface area (Å²) in [6.45, 7) is 1.90. The normalized spacial score (nSPS) is 4.25. The van der Waals surface area contributed by atoms with Crippen molar-refractivity contribution in [2.75, 3.05) is 0 Å². The Morgan fingerprint density at radius 2 is 1.75 bits per heavy atom. The summed E-state index contributed by atoms with van der Waals surface area (Å²) in [5.41, 5.74) is 0. The van der Waals surface area contributed by atoms with Crippen LogP contribution in [-0.2, 0) is 0 Å². The Kier molecular flexibility index (Phi) is 19.9. The van der Waals surface area contributed by atoms with E-state index in [1.165, 1.54) is 0 Å². The van der Waals surface area contributed by atoms with Crippen molar-refractivity contribution < 1.29 is 37.7 Å². The van der Waals surface area contributed by atoms with Gasteiger partial charge in [-0.05, 0) is 0 Å². The van der Waals surface area contributed by atoms with Gasteiger partial charge >= 0.3 is 0 Å². The van der Waals surface area contributed by atoms with Crippen LogP contribution in [0.4, 0.5) is 0 Å². The van der Waals surface area contributed by atoms with Crippen molar-refractivity contribution in [3.63, 3.8) is 0 Å². The molecule has 0 bridgehead atoms. The van der Waals surface area contributed by atoms with E-state index in [0.717, 1.165) is 6.32 Å². The Labute approximate surface area is 58.4 Å². The molecule has 0 amide bonds. The zero-order chi connectivity index (χ0) is 2.71. The van der Waals surface area contributed by atoms with Crippen LogP contribution in [-0.4, -0.2) is 7.85 Å². The van der Waals surface area contributed by atoms with Gasteiger partial charge in [-0.3, -0.25) is 0 Å². The SMILES string of the molecule is [Ar].[B]CC. The molecule has 2 heteroatoms. The molecule has 0 fully saturated rings. The van der Waals surface area contributed by atoms with Crippen LogP contribution in [0.2, 0.25) is 6.32 Å². The van der Waals surface area contributed by atoms with E-state index in [2.05, 4.69) is 0 Å². The molecule has 0 aliphatic carbocycles. The third-order valence-electron chi connectivity index (χ3n) is 0. The van der Waals surface area contributed by atoms with Crippen molar-refractivity contribution in [1.29, 1.82) is 0 Å². The first-order valence-electron chi connectivity index (χ1n) is 1.12. The predicted molar refractivity (Wildman–Crippen MR) is 16.2 cm³/mol. The number of hydrogen-bond donors (Lipinski definition) is 0. The fourth-order valence-electron chi connectivity index (χ4n) is 0. The molecule has 0 unspecified atom stereocenters. The second-order valence-corrected chi connectivity index (χ2v) is 0.408. The predicted octanol–water partition coefficient (Wildman–Crippen LogP) is 0.593. The van der Waals surface area contributed by atoms with Crippen LogP contribution in [0.25, 0.3) is 0 Å². The van der Waals surface area contributed by atoms with Gasteiger partial charge in [-0.15, -0.1) is 0 Å². The van der Waals surface area contributed by atoms with Crippen LogP contribution in [0.3, 0.4) is 0 Å². The van der Waals surface area contributed by atoms with Crippen LogP contribution in [0.5, 0.6) is 0 Å². The summed E-state index contributed by atoms with van der Waals surface area (Å²) in [7, 11) is 4.85. The number of rotatable bonds is 0. The fraction of sp³-hybridized carbons (Fsp3) is 1.00. The maximum absolute atomic E-state index is 4.85. The zero-order valence-electron chi connectivity index (χ0n) is 2.64. The van der Waals surface area contributed by atoms with Crippen molar-refractivity contribution in [1.82, 2.24) is 0 Å². The average Bonchev–Trinajstić information content (AvgIpc) is 0.918. The van der Waals surface area contributed by atoms with Crippen molar-refractivity contribution >= 4 is 7.85 Å². The summed E-state index contributed by atoms with van der Waals surface area (Å²) < 4.78 is 0. The van der Waals surface area contributed by atoms with Gasteiger partial charge in [0, 0.05) is 37.7 Å². The van der Waals surface area contributed by atoms with E-state index in [9.17, 15) is 0 Å². The van der Waals surface area contributed by atoms with Crippen molar-refractivity contribution in [2.24, 2.45) is 0 Å².